The molecule has 1 saturated heterocycles. The first-order valence-corrected chi connectivity index (χ1v) is 14.9. The van der Waals surface area contributed by atoms with E-state index in [1.54, 1.807) is 54.6 Å². The molecular formula is C35H23Cl3N2O5. The summed E-state index contributed by atoms with van der Waals surface area (Å²) in [5.74, 6) is -0.682. The van der Waals surface area contributed by atoms with Crippen LogP contribution in [0.5, 0.6) is 11.5 Å². The second-order valence-electron chi connectivity index (χ2n) is 10.1. The van der Waals surface area contributed by atoms with Gasteiger partial charge in [0.25, 0.3) is 11.8 Å². The largest absolute Gasteiger partial charge is 0.489 e. The van der Waals surface area contributed by atoms with Crippen LogP contribution in [0.25, 0.3) is 16.8 Å². The van der Waals surface area contributed by atoms with Crippen molar-refractivity contribution in [2.75, 3.05) is 4.90 Å². The second-order valence-corrected chi connectivity index (χ2v) is 11.3. The fourth-order valence-corrected chi connectivity index (χ4v) is 5.50. The van der Waals surface area contributed by atoms with Gasteiger partial charge in [-0.2, -0.15) is 0 Å². The molecule has 45 heavy (non-hydrogen) atoms. The average molecular weight is 658 g/mol. The van der Waals surface area contributed by atoms with E-state index in [9.17, 15) is 14.4 Å². The van der Waals surface area contributed by atoms with Gasteiger partial charge < -0.3 is 9.47 Å². The molecule has 6 rings (SSSR count). The van der Waals surface area contributed by atoms with Crippen LogP contribution in [0.1, 0.15) is 16.7 Å². The average Bonchev–Trinajstić information content (AvgIpc) is 3.03. The Bertz CT molecular complexity index is 1990. The first kappa shape index (κ1) is 30.2. The number of nitrogens with one attached hydrogen (secondary N) is 1. The van der Waals surface area contributed by atoms with Gasteiger partial charge >= 0.3 is 6.03 Å². The quantitative estimate of drug-likeness (QED) is 0.133. The Hall–Kier alpha value is -4.82. The molecule has 1 heterocycles. The Kier molecular flexibility index (Phi) is 8.76. The molecule has 0 bridgehead atoms. The number of rotatable bonds is 8. The fraction of sp³-hybridized carbons (Fsp3) is 0.0571. The number of barbiturate groups is 1. The van der Waals surface area contributed by atoms with Crippen molar-refractivity contribution < 1.29 is 23.9 Å². The molecule has 0 radical (unpaired) electrons. The minimum absolute atomic E-state index is 0.111. The van der Waals surface area contributed by atoms with Crippen molar-refractivity contribution in [3.63, 3.8) is 0 Å². The number of amides is 4. The summed E-state index contributed by atoms with van der Waals surface area (Å²) in [6.07, 6.45) is 1.44. The Morgan fingerprint density at radius 2 is 1.42 bits per heavy atom. The Balaban J connectivity index is 1.30. The lowest BCUT2D eigenvalue weighted by molar-refractivity contribution is -0.122. The topological polar surface area (TPSA) is 84.9 Å². The van der Waals surface area contributed by atoms with Crippen LogP contribution in [-0.4, -0.2) is 17.8 Å². The Labute approximate surface area is 273 Å². The molecule has 5 aromatic carbocycles. The van der Waals surface area contributed by atoms with Gasteiger partial charge in [0.05, 0.1) is 5.69 Å². The van der Waals surface area contributed by atoms with Crippen LogP contribution < -0.4 is 19.7 Å². The minimum atomic E-state index is -0.862. The molecule has 224 valence electrons. The number of urea groups is 1. The third-order valence-electron chi connectivity index (χ3n) is 7.17. The number of anilines is 1. The van der Waals surface area contributed by atoms with Crippen LogP contribution in [-0.2, 0) is 22.8 Å². The van der Waals surface area contributed by atoms with E-state index in [1.165, 1.54) is 6.08 Å². The number of halogens is 3. The molecular weight excluding hydrogens is 635 g/mol. The summed E-state index contributed by atoms with van der Waals surface area (Å²) in [6.45, 7) is 0.351. The molecule has 0 aromatic heterocycles. The highest BCUT2D eigenvalue weighted by molar-refractivity contribution is 6.39. The molecule has 1 N–H and O–H groups in total. The summed E-state index contributed by atoms with van der Waals surface area (Å²) in [5.41, 5.74) is 2.03. The molecule has 0 saturated carbocycles. The van der Waals surface area contributed by atoms with E-state index in [4.69, 9.17) is 44.3 Å². The van der Waals surface area contributed by atoms with E-state index in [2.05, 4.69) is 5.32 Å². The van der Waals surface area contributed by atoms with E-state index < -0.39 is 17.8 Å². The summed E-state index contributed by atoms with van der Waals surface area (Å²) in [4.78, 5) is 40.6. The van der Waals surface area contributed by atoms with E-state index >= 15 is 0 Å². The van der Waals surface area contributed by atoms with Gasteiger partial charge in [-0.3, -0.25) is 14.9 Å². The predicted octanol–water partition coefficient (Wildman–Crippen LogP) is 8.62. The van der Waals surface area contributed by atoms with Crippen LogP contribution in [0, 0.1) is 0 Å². The van der Waals surface area contributed by atoms with Crippen molar-refractivity contribution in [3.05, 3.63) is 140 Å². The van der Waals surface area contributed by atoms with Gasteiger partial charge in [0.2, 0.25) is 0 Å². The summed E-state index contributed by atoms with van der Waals surface area (Å²) in [5, 5.41) is 5.42. The molecule has 0 atom stereocenters. The molecule has 0 aliphatic carbocycles. The Morgan fingerprint density at radius 3 is 2.20 bits per heavy atom. The molecule has 1 fully saturated rings. The first-order valence-electron chi connectivity index (χ1n) is 13.7. The van der Waals surface area contributed by atoms with Crippen LogP contribution in [0.4, 0.5) is 10.5 Å². The van der Waals surface area contributed by atoms with Gasteiger partial charge in [-0.05, 0) is 65.4 Å². The smallest absolute Gasteiger partial charge is 0.335 e. The lowest BCUT2D eigenvalue weighted by Crippen LogP contribution is -2.54. The molecule has 0 unspecified atom stereocenters. The molecule has 7 nitrogen and oxygen atoms in total. The minimum Gasteiger partial charge on any atom is -0.489 e. The lowest BCUT2D eigenvalue weighted by atomic mass is 9.99. The Morgan fingerprint density at radius 1 is 0.711 bits per heavy atom. The monoisotopic (exact) mass is 656 g/mol. The normalized spacial score (nSPS) is 14.2. The second kappa shape index (κ2) is 13.0. The van der Waals surface area contributed by atoms with E-state index in [-0.39, 0.29) is 24.5 Å². The maximum absolute atomic E-state index is 13.7. The molecule has 10 heteroatoms. The van der Waals surface area contributed by atoms with Gasteiger partial charge in [-0.15, -0.1) is 0 Å². The number of carbonyl (C=O) groups excluding carboxylic acids is 3. The number of ether oxygens (including phenoxy) is 2. The summed E-state index contributed by atoms with van der Waals surface area (Å²) in [6, 6.07) is 29.1. The molecule has 0 spiro atoms. The molecule has 1 aliphatic heterocycles. The zero-order valence-electron chi connectivity index (χ0n) is 23.4. The van der Waals surface area contributed by atoms with Gasteiger partial charge in [0, 0.05) is 31.8 Å². The van der Waals surface area contributed by atoms with Crippen LogP contribution in [0.15, 0.2) is 109 Å². The standard InChI is InChI=1S/C35H23Cl3N2O5/c36-24-11-9-23(31(38)17-24)20-45-32-16-10-21-5-1-3-7-27(21)28(32)18-29-33(41)39-35(43)40(34(29)42)25-12-14-26(15-13-25)44-19-22-6-2-4-8-30(22)37/h1-18H,19-20H2,(H,39,41,43)/b29-18+. The van der Waals surface area contributed by atoms with Gasteiger partial charge in [0.1, 0.15) is 30.3 Å². The number of fused-ring (bicyclic) bond motifs is 1. The van der Waals surface area contributed by atoms with Crippen molar-refractivity contribution in [3.8, 4) is 11.5 Å². The van der Waals surface area contributed by atoms with Crippen molar-refractivity contribution >= 4 is 75.2 Å². The first-order chi connectivity index (χ1) is 21.8. The number of nitrogens with zero attached hydrogens (tertiary/aromatic N) is 1. The highest BCUT2D eigenvalue weighted by Crippen LogP contribution is 2.33. The predicted molar refractivity (Wildman–Crippen MR) is 176 cm³/mol. The molecule has 4 amide bonds. The van der Waals surface area contributed by atoms with Crippen LogP contribution in [0.2, 0.25) is 15.1 Å². The van der Waals surface area contributed by atoms with Crippen molar-refractivity contribution in [2.24, 2.45) is 0 Å². The third kappa shape index (κ3) is 6.51. The number of carbonyl (C=O) groups is 3. The van der Waals surface area contributed by atoms with Gasteiger partial charge in [-0.25, -0.2) is 9.69 Å². The molecule has 5 aromatic rings. The van der Waals surface area contributed by atoms with Crippen LogP contribution >= 0.6 is 34.8 Å². The SMILES string of the molecule is O=C1NC(=O)N(c2ccc(OCc3ccccc3Cl)cc2)C(=O)/C1=C/c1c(OCc2ccc(Cl)cc2Cl)ccc2ccccc12. The maximum Gasteiger partial charge on any atom is 0.335 e. The van der Waals surface area contributed by atoms with Crippen molar-refractivity contribution in [2.45, 2.75) is 13.2 Å². The fourth-order valence-electron chi connectivity index (χ4n) is 4.85. The van der Waals surface area contributed by atoms with E-state index in [0.717, 1.165) is 21.2 Å². The third-order valence-corrected chi connectivity index (χ3v) is 8.12. The number of benzene rings is 5. The number of imide groups is 2. The number of hydrogen-bond acceptors (Lipinski definition) is 5. The maximum atomic E-state index is 13.7. The zero-order chi connectivity index (χ0) is 31.5. The summed E-state index contributed by atoms with van der Waals surface area (Å²) < 4.78 is 12.0. The van der Waals surface area contributed by atoms with Crippen molar-refractivity contribution in [1.82, 2.24) is 5.32 Å². The molecule has 1 aliphatic rings. The van der Waals surface area contributed by atoms with E-state index in [0.29, 0.717) is 37.7 Å². The van der Waals surface area contributed by atoms with Gasteiger partial charge in [0.15, 0.2) is 0 Å². The summed E-state index contributed by atoms with van der Waals surface area (Å²) in [7, 11) is 0. The van der Waals surface area contributed by atoms with Crippen LogP contribution in [0.3, 0.4) is 0 Å². The van der Waals surface area contributed by atoms with E-state index in [1.807, 2.05) is 48.5 Å². The summed E-state index contributed by atoms with van der Waals surface area (Å²) >= 11 is 18.6. The number of hydrogen-bond donors (Lipinski definition) is 1. The van der Waals surface area contributed by atoms with Gasteiger partial charge in [-0.1, -0.05) is 89.4 Å². The van der Waals surface area contributed by atoms with Crippen molar-refractivity contribution in [1.29, 1.82) is 0 Å². The highest BCUT2D eigenvalue weighted by atomic mass is 35.5. The zero-order valence-corrected chi connectivity index (χ0v) is 25.7. The highest BCUT2D eigenvalue weighted by Gasteiger charge is 2.37. The lowest BCUT2D eigenvalue weighted by Gasteiger charge is -2.26.